The molecule has 6 heteroatoms. The lowest BCUT2D eigenvalue weighted by atomic mass is 10.1. The number of anilines is 1. The first-order valence-electron chi connectivity index (χ1n) is 9.56. The summed E-state index contributed by atoms with van der Waals surface area (Å²) in [5, 5.41) is 2.99. The summed E-state index contributed by atoms with van der Waals surface area (Å²) in [6, 6.07) is 13.2. The van der Waals surface area contributed by atoms with Gasteiger partial charge >= 0.3 is 0 Å². The van der Waals surface area contributed by atoms with Crippen LogP contribution >= 0.6 is 0 Å². The van der Waals surface area contributed by atoms with Crippen LogP contribution in [0.5, 0.6) is 17.2 Å². The Morgan fingerprint density at radius 3 is 2.46 bits per heavy atom. The van der Waals surface area contributed by atoms with Crippen molar-refractivity contribution >= 4 is 11.6 Å². The SMILES string of the molecule is CCOc1ccccc1NC(=O)[C@@H](C)[NH+](C)CCc1ccc(OC)c(OC)c1. The first-order chi connectivity index (χ1) is 13.5. The molecular weight excluding hydrogens is 356 g/mol. The van der Waals surface area contributed by atoms with Crippen molar-refractivity contribution in [2.45, 2.75) is 26.3 Å². The van der Waals surface area contributed by atoms with Crippen LogP contribution in [0.25, 0.3) is 0 Å². The third-order valence-electron chi connectivity index (χ3n) is 4.83. The van der Waals surface area contributed by atoms with E-state index in [0.29, 0.717) is 23.8 Å². The molecule has 0 heterocycles. The first-order valence-corrected chi connectivity index (χ1v) is 9.56. The smallest absolute Gasteiger partial charge is 0.282 e. The average Bonchev–Trinajstić information content (AvgIpc) is 2.72. The number of nitrogens with one attached hydrogen (secondary N) is 2. The number of hydrogen-bond acceptors (Lipinski definition) is 4. The van der Waals surface area contributed by atoms with Crippen molar-refractivity contribution in [2.75, 3.05) is 39.7 Å². The van der Waals surface area contributed by atoms with Crippen molar-refractivity contribution in [1.29, 1.82) is 0 Å². The van der Waals surface area contributed by atoms with E-state index in [0.717, 1.165) is 29.2 Å². The predicted octanol–water partition coefficient (Wildman–Crippen LogP) is 2.19. The minimum atomic E-state index is -0.199. The van der Waals surface area contributed by atoms with Gasteiger partial charge in [0.1, 0.15) is 5.75 Å². The maximum Gasteiger partial charge on any atom is 0.282 e. The number of carbonyl (C=O) groups excluding carboxylic acids is 1. The molecule has 1 amide bonds. The Hall–Kier alpha value is -2.73. The third kappa shape index (κ3) is 5.63. The third-order valence-corrected chi connectivity index (χ3v) is 4.83. The number of quaternary nitrogens is 1. The van der Waals surface area contributed by atoms with E-state index in [1.54, 1.807) is 14.2 Å². The molecule has 6 nitrogen and oxygen atoms in total. The number of likely N-dealkylation sites (N-methyl/N-ethyl adjacent to an activating group) is 1. The van der Waals surface area contributed by atoms with Crippen LogP contribution in [-0.4, -0.2) is 46.4 Å². The lowest BCUT2D eigenvalue weighted by Gasteiger charge is -2.22. The van der Waals surface area contributed by atoms with Gasteiger partial charge in [-0.25, -0.2) is 0 Å². The molecule has 0 saturated carbocycles. The van der Waals surface area contributed by atoms with Gasteiger partial charge in [-0.2, -0.15) is 0 Å². The molecule has 0 aromatic heterocycles. The highest BCUT2D eigenvalue weighted by Gasteiger charge is 2.22. The van der Waals surface area contributed by atoms with Crippen molar-refractivity contribution in [3.05, 3.63) is 48.0 Å². The maximum absolute atomic E-state index is 12.7. The van der Waals surface area contributed by atoms with Crippen LogP contribution in [0.15, 0.2) is 42.5 Å². The molecule has 0 aliphatic rings. The quantitative estimate of drug-likeness (QED) is 0.656. The second kappa shape index (κ2) is 10.6. The Balaban J connectivity index is 1.95. The van der Waals surface area contributed by atoms with Gasteiger partial charge in [-0.3, -0.25) is 4.79 Å². The molecule has 1 unspecified atom stereocenters. The van der Waals surface area contributed by atoms with Gasteiger partial charge in [0, 0.05) is 6.42 Å². The van der Waals surface area contributed by atoms with E-state index >= 15 is 0 Å². The van der Waals surface area contributed by atoms with E-state index < -0.39 is 0 Å². The van der Waals surface area contributed by atoms with Gasteiger partial charge in [0.2, 0.25) is 0 Å². The summed E-state index contributed by atoms with van der Waals surface area (Å²) in [6.07, 6.45) is 0.833. The fraction of sp³-hybridized carbons (Fsp3) is 0.409. The zero-order chi connectivity index (χ0) is 20.5. The lowest BCUT2D eigenvalue weighted by molar-refractivity contribution is -0.893. The van der Waals surface area contributed by atoms with Gasteiger partial charge < -0.3 is 24.4 Å². The zero-order valence-corrected chi connectivity index (χ0v) is 17.4. The fourth-order valence-corrected chi connectivity index (χ4v) is 2.91. The lowest BCUT2D eigenvalue weighted by Crippen LogP contribution is -3.14. The van der Waals surface area contributed by atoms with Crippen molar-refractivity contribution < 1.29 is 23.9 Å². The van der Waals surface area contributed by atoms with Crippen LogP contribution in [0, 0.1) is 0 Å². The maximum atomic E-state index is 12.7. The predicted molar refractivity (Wildman–Crippen MR) is 111 cm³/mol. The van der Waals surface area contributed by atoms with Crippen LogP contribution in [0.2, 0.25) is 0 Å². The first kappa shape index (κ1) is 21.6. The summed E-state index contributed by atoms with van der Waals surface area (Å²) in [4.78, 5) is 13.8. The molecular formula is C22H31N2O4+. The zero-order valence-electron chi connectivity index (χ0n) is 17.4. The van der Waals surface area contributed by atoms with E-state index in [9.17, 15) is 4.79 Å². The molecule has 0 spiro atoms. The largest absolute Gasteiger partial charge is 0.493 e. The Morgan fingerprint density at radius 1 is 1.07 bits per heavy atom. The molecule has 2 rings (SSSR count). The molecule has 2 atom stereocenters. The van der Waals surface area contributed by atoms with Gasteiger partial charge in [-0.1, -0.05) is 18.2 Å². The topological polar surface area (TPSA) is 61.2 Å². The van der Waals surface area contributed by atoms with E-state index in [1.807, 2.05) is 63.4 Å². The Morgan fingerprint density at radius 2 is 1.79 bits per heavy atom. The number of para-hydroxylation sites is 2. The molecule has 28 heavy (non-hydrogen) atoms. The van der Waals surface area contributed by atoms with Crippen LogP contribution in [-0.2, 0) is 11.2 Å². The number of hydrogen-bond donors (Lipinski definition) is 2. The second-order valence-electron chi connectivity index (χ2n) is 6.68. The molecule has 0 radical (unpaired) electrons. The number of carbonyl (C=O) groups is 1. The summed E-state index contributed by atoms with van der Waals surface area (Å²) in [5.41, 5.74) is 1.85. The second-order valence-corrected chi connectivity index (χ2v) is 6.68. The Labute approximate surface area is 167 Å². The van der Waals surface area contributed by atoms with Crippen molar-refractivity contribution in [2.24, 2.45) is 0 Å². The van der Waals surface area contributed by atoms with Crippen LogP contribution in [0.1, 0.15) is 19.4 Å². The van der Waals surface area contributed by atoms with Gasteiger partial charge in [0.05, 0.1) is 40.1 Å². The van der Waals surface area contributed by atoms with Gasteiger partial charge in [0.15, 0.2) is 17.5 Å². The van der Waals surface area contributed by atoms with E-state index in [1.165, 1.54) is 0 Å². The van der Waals surface area contributed by atoms with E-state index in [4.69, 9.17) is 14.2 Å². The average molecular weight is 388 g/mol. The van der Waals surface area contributed by atoms with Crippen molar-refractivity contribution in [1.82, 2.24) is 0 Å². The molecule has 2 aromatic carbocycles. The highest BCUT2D eigenvalue weighted by molar-refractivity contribution is 5.94. The molecule has 0 aliphatic heterocycles. The van der Waals surface area contributed by atoms with E-state index in [-0.39, 0.29) is 11.9 Å². The highest BCUT2D eigenvalue weighted by Crippen LogP contribution is 2.27. The summed E-state index contributed by atoms with van der Waals surface area (Å²) in [6.45, 7) is 5.23. The molecule has 0 fully saturated rings. The number of amides is 1. The Kier molecular flexibility index (Phi) is 8.14. The summed E-state index contributed by atoms with van der Waals surface area (Å²) < 4.78 is 16.2. The molecule has 0 aliphatic carbocycles. The highest BCUT2D eigenvalue weighted by atomic mass is 16.5. The van der Waals surface area contributed by atoms with Crippen LogP contribution < -0.4 is 24.4 Å². The van der Waals surface area contributed by atoms with Gasteiger partial charge in [-0.15, -0.1) is 0 Å². The minimum Gasteiger partial charge on any atom is -0.493 e. The Bertz CT molecular complexity index is 779. The van der Waals surface area contributed by atoms with Crippen molar-refractivity contribution in [3.63, 3.8) is 0 Å². The monoisotopic (exact) mass is 387 g/mol. The number of ether oxygens (including phenoxy) is 3. The fourth-order valence-electron chi connectivity index (χ4n) is 2.91. The number of benzene rings is 2. The standard InChI is InChI=1S/C22H30N2O4/c1-6-28-19-10-8-7-9-18(19)23-22(25)16(2)24(3)14-13-17-11-12-20(26-4)21(15-17)27-5/h7-12,15-16H,6,13-14H2,1-5H3,(H,23,25)/p+1/t16-/m1/s1. The molecule has 152 valence electrons. The molecule has 2 N–H and O–H groups in total. The molecule has 0 saturated heterocycles. The summed E-state index contributed by atoms with van der Waals surface area (Å²) >= 11 is 0. The van der Waals surface area contributed by atoms with Crippen LogP contribution in [0.3, 0.4) is 0 Å². The number of rotatable bonds is 10. The minimum absolute atomic E-state index is 0.0306. The van der Waals surface area contributed by atoms with Crippen LogP contribution in [0.4, 0.5) is 5.69 Å². The summed E-state index contributed by atoms with van der Waals surface area (Å²) in [5.74, 6) is 2.09. The van der Waals surface area contributed by atoms with Gasteiger partial charge in [0.25, 0.3) is 5.91 Å². The number of methoxy groups -OCH3 is 2. The van der Waals surface area contributed by atoms with Crippen molar-refractivity contribution in [3.8, 4) is 17.2 Å². The van der Waals surface area contributed by atoms with Gasteiger partial charge in [-0.05, 0) is 43.7 Å². The molecule has 0 bridgehead atoms. The van der Waals surface area contributed by atoms with E-state index in [2.05, 4.69) is 5.32 Å². The molecule has 2 aromatic rings. The normalized spacial score (nSPS) is 12.8. The summed E-state index contributed by atoms with van der Waals surface area (Å²) in [7, 11) is 5.28.